The molecule has 0 aromatic heterocycles. The number of hydrogen-bond donors (Lipinski definition) is 0. The van der Waals surface area contributed by atoms with Gasteiger partial charge in [-0.2, -0.15) is 8.46 Å². The molecular formula is C9H17BrOS. The van der Waals surface area contributed by atoms with Crippen molar-refractivity contribution in [3.63, 3.8) is 0 Å². The van der Waals surface area contributed by atoms with Crippen LogP contribution in [-0.4, -0.2) is 23.0 Å². The summed E-state index contributed by atoms with van der Waals surface area (Å²) in [4.78, 5) is 11.3. The number of carbonyl (C=O) groups excluding carboxylic acids is 1. The number of hydrogen-bond acceptors (Lipinski definition) is 1. The van der Waals surface area contributed by atoms with E-state index >= 15 is 0 Å². The van der Waals surface area contributed by atoms with E-state index in [0.29, 0.717) is 12.2 Å². The first-order chi connectivity index (χ1) is 5.66. The molecule has 1 aliphatic heterocycles. The van der Waals surface area contributed by atoms with E-state index in [9.17, 15) is 4.79 Å². The lowest BCUT2D eigenvalue weighted by molar-refractivity contribution is -0.116. The Balaban J connectivity index is 2.41. The first-order valence-electron chi connectivity index (χ1n) is 4.64. The largest absolute Gasteiger partial charge is 0.299 e. The van der Waals surface area contributed by atoms with Crippen LogP contribution in [0, 0.1) is 0 Å². The van der Waals surface area contributed by atoms with Gasteiger partial charge in [-0.25, -0.2) is 0 Å². The number of carbonyl (C=O) groups is 1. The van der Waals surface area contributed by atoms with Gasteiger partial charge < -0.3 is 0 Å². The van der Waals surface area contributed by atoms with Crippen molar-refractivity contribution < 1.29 is 4.79 Å². The van der Waals surface area contributed by atoms with E-state index < -0.39 is 8.46 Å². The van der Waals surface area contributed by atoms with Crippen molar-refractivity contribution in [1.29, 1.82) is 0 Å². The molecule has 72 valence electrons. The summed E-state index contributed by atoms with van der Waals surface area (Å²) in [5.74, 6) is 3.78. The van der Waals surface area contributed by atoms with E-state index in [1.54, 1.807) is 0 Å². The minimum absolute atomic E-state index is 0.434. The summed E-state index contributed by atoms with van der Waals surface area (Å²) >= 11 is 3.80. The lowest BCUT2D eigenvalue weighted by Crippen LogP contribution is -2.17. The summed E-state index contributed by atoms with van der Waals surface area (Å²) in [6, 6.07) is 0. The maximum absolute atomic E-state index is 11.3. The second-order valence-electron chi connectivity index (χ2n) is 3.45. The van der Waals surface area contributed by atoms with Gasteiger partial charge in [0.25, 0.3) is 0 Å². The van der Waals surface area contributed by atoms with Gasteiger partial charge in [0.2, 0.25) is 0 Å². The molecule has 0 radical (unpaired) electrons. The van der Waals surface area contributed by atoms with Crippen LogP contribution in [-0.2, 0) is 4.79 Å². The molecule has 1 saturated heterocycles. The summed E-state index contributed by atoms with van der Waals surface area (Å²) in [5, 5.41) is 0. The first-order valence-corrected chi connectivity index (χ1v) is 8.62. The SMILES string of the molecule is CCC(=O)CS1(Br)CCCCC1. The molecule has 1 fully saturated rings. The van der Waals surface area contributed by atoms with Crippen molar-refractivity contribution in [2.24, 2.45) is 0 Å². The summed E-state index contributed by atoms with van der Waals surface area (Å²) < 4.78 is 0. The third kappa shape index (κ3) is 3.09. The zero-order chi connectivity index (χ0) is 9.03. The van der Waals surface area contributed by atoms with Gasteiger partial charge in [-0.1, -0.05) is 13.3 Å². The van der Waals surface area contributed by atoms with Crippen molar-refractivity contribution in [2.45, 2.75) is 32.6 Å². The van der Waals surface area contributed by atoms with E-state index in [2.05, 4.69) is 14.8 Å². The molecule has 3 heteroatoms. The molecule has 0 amide bonds. The van der Waals surface area contributed by atoms with E-state index in [1.165, 1.54) is 30.8 Å². The molecule has 0 aromatic carbocycles. The van der Waals surface area contributed by atoms with Crippen molar-refractivity contribution in [1.82, 2.24) is 0 Å². The Hall–Kier alpha value is 0.500. The van der Waals surface area contributed by atoms with Gasteiger partial charge in [-0.3, -0.25) is 4.79 Å². The number of halogens is 1. The molecule has 0 bridgehead atoms. The molecule has 1 heterocycles. The standard InChI is InChI=1S/C9H17BrOS/c1-2-9(11)8-12(10)6-4-3-5-7-12/h2-8H2,1H3. The van der Waals surface area contributed by atoms with Gasteiger partial charge in [-0.15, -0.1) is 0 Å². The normalized spacial score (nSPS) is 24.8. The van der Waals surface area contributed by atoms with Crippen molar-refractivity contribution in [3.05, 3.63) is 0 Å². The molecule has 0 aliphatic carbocycles. The molecule has 1 nitrogen and oxygen atoms in total. The molecule has 0 atom stereocenters. The molecule has 0 unspecified atom stereocenters. The second kappa shape index (κ2) is 4.66. The topological polar surface area (TPSA) is 17.1 Å². The van der Waals surface area contributed by atoms with Gasteiger partial charge in [-0.05, 0) is 39.2 Å². The van der Waals surface area contributed by atoms with Gasteiger partial charge in [0.15, 0.2) is 0 Å². The quantitative estimate of drug-likeness (QED) is 0.754. The van der Waals surface area contributed by atoms with Crippen LogP contribution in [0.15, 0.2) is 0 Å². The van der Waals surface area contributed by atoms with Crippen LogP contribution in [0.4, 0.5) is 0 Å². The Kier molecular flexibility index (Phi) is 4.11. The minimum atomic E-state index is -0.689. The highest BCUT2D eigenvalue weighted by Gasteiger charge is 2.25. The molecule has 1 rings (SSSR count). The fraction of sp³-hybridized carbons (Fsp3) is 0.889. The van der Waals surface area contributed by atoms with Crippen LogP contribution in [0.3, 0.4) is 0 Å². The van der Waals surface area contributed by atoms with Crippen LogP contribution in [0.5, 0.6) is 0 Å². The van der Waals surface area contributed by atoms with E-state index in [4.69, 9.17) is 0 Å². The summed E-state index contributed by atoms with van der Waals surface area (Å²) in [6.45, 7) is 1.96. The van der Waals surface area contributed by atoms with Crippen LogP contribution < -0.4 is 0 Å². The van der Waals surface area contributed by atoms with Crippen LogP contribution in [0.1, 0.15) is 32.6 Å². The zero-order valence-corrected chi connectivity index (χ0v) is 10.0. The smallest absolute Gasteiger partial charge is 0.141 e. The van der Waals surface area contributed by atoms with Gasteiger partial charge >= 0.3 is 0 Å². The predicted molar refractivity (Wildman–Crippen MR) is 60.3 cm³/mol. The summed E-state index contributed by atoms with van der Waals surface area (Å²) in [5.41, 5.74) is 0. The highest BCUT2D eigenvalue weighted by molar-refractivity contribution is 9.58. The Morgan fingerprint density at radius 1 is 1.33 bits per heavy atom. The minimum Gasteiger partial charge on any atom is -0.299 e. The Bertz CT molecular complexity index is 164. The first kappa shape index (κ1) is 10.6. The van der Waals surface area contributed by atoms with Crippen molar-refractivity contribution in [3.8, 4) is 0 Å². The average molecular weight is 253 g/mol. The number of ketones is 1. The van der Waals surface area contributed by atoms with Gasteiger partial charge in [0, 0.05) is 12.2 Å². The monoisotopic (exact) mass is 252 g/mol. The summed E-state index contributed by atoms with van der Waals surface area (Å²) in [7, 11) is -0.689. The van der Waals surface area contributed by atoms with Gasteiger partial charge in [0.1, 0.15) is 5.78 Å². The van der Waals surface area contributed by atoms with Crippen LogP contribution >= 0.6 is 23.3 Å². The Morgan fingerprint density at radius 3 is 2.42 bits per heavy atom. The highest BCUT2D eigenvalue weighted by atomic mass is 79.9. The number of rotatable bonds is 3. The third-order valence-electron chi connectivity index (χ3n) is 2.33. The Labute approximate surface area is 83.8 Å². The molecule has 0 aromatic rings. The highest BCUT2D eigenvalue weighted by Crippen LogP contribution is 2.58. The van der Waals surface area contributed by atoms with Crippen LogP contribution in [0.25, 0.3) is 0 Å². The molecule has 0 saturated carbocycles. The van der Waals surface area contributed by atoms with E-state index in [1.807, 2.05) is 6.92 Å². The van der Waals surface area contributed by atoms with E-state index in [0.717, 1.165) is 5.75 Å². The number of Topliss-reactive ketones (excluding diaryl/α,β-unsaturated/α-hetero) is 1. The van der Waals surface area contributed by atoms with E-state index in [-0.39, 0.29) is 0 Å². The predicted octanol–water partition coefficient (Wildman–Crippen LogP) is 3.26. The molecule has 12 heavy (non-hydrogen) atoms. The summed E-state index contributed by atoms with van der Waals surface area (Å²) in [6.07, 6.45) is 4.70. The molecule has 0 spiro atoms. The zero-order valence-electron chi connectivity index (χ0n) is 7.64. The van der Waals surface area contributed by atoms with Crippen molar-refractivity contribution >= 4 is 29.1 Å². The third-order valence-corrected chi connectivity index (χ3v) is 7.84. The van der Waals surface area contributed by atoms with Crippen LogP contribution in [0.2, 0.25) is 0 Å². The second-order valence-corrected chi connectivity index (χ2v) is 10.6. The molecule has 1 aliphatic rings. The maximum atomic E-state index is 11.3. The Morgan fingerprint density at radius 2 is 1.92 bits per heavy atom. The molecular weight excluding hydrogens is 236 g/mol. The fourth-order valence-electron chi connectivity index (χ4n) is 1.54. The van der Waals surface area contributed by atoms with Crippen molar-refractivity contribution in [2.75, 3.05) is 17.3 Å². The lowest BCUT2D eigenvalue weighted by atomic mass is 10.3. The molecule has 0 N–H and O–H groups in total. The lowest BCUT2D eigenvalue weighted by Gasteiger charge is -2.36. The fourth-order valence-corrected chi connectivity index (χ4v) is 6.39. The maximum Gasteiger partial charge on any atom is 0.141 e. The van der Waals surface area contributed by atoms with Gasteiger partial charge in [0.05, 0.1) is 0 Å². The average Bonchev–Trinajstić information content (AvgIpc) is 2.05.